The first-order chi connectivity index (χ1) is 9.81. The van der Waals surface area contributed by atoms with Crippen molar-refractivity contribution in [2.75, 3.05) is 0 Å². The predicted molar refractivity (Wildman–Crippen MR) is 77.0 cm³/mol. The molecule has 1 atom stereocenters. The van der Waals surface area contributed by atoms with Crippen LogP contribution in [0.25, 0.3) is 0 Å². The van der Waals surface area contributed by atoms with Gasteiger partial charge in [-0.25, -0.2) is 18.1 Å². The Kier molecular flexibility index (Phi) is 4.10. The van der Waals surface area contributed by atoms with E-state index < -0.39 is 22.0 Å². The lowest BCUT2D eigenvalue weighted by atomic mass is 10.1. The molecule has 21 heavy (non-hydrogen) atoms. The summed E-state index contributed by atoms with van der Waals surface area (Å²) in [6.45, 7) is 3.36. The van der Waals surface area contributed by atoms with Gasteiger partial charge < -0.3 is 10.7 Å². The van der Waals surface area contributed by atoms with Gasteiger partial charge in [0, 0.05) is 18.0 Å². The number of hydrogen-bond donors (Lipinski definition) is 3. The molecule has 112 valence electrons. The predicted octanol–water partition coefficient (Wildman–Crippen LogP) is 0.857. The first-order valence-electron chi connectivity index (χ1n) is 6.23. The Balaban J connectivity index is 2.32. The molecule has 1 aromatic heterocycles. The van der Waals surface area contributed by atoms with Crippen molar-refractivity contribution in [2.45, 2.75) is 24.8 Å². The third kappa shape index (κ3) is 3.29. The quantitative estimate of drug-likeness (QED) is 0.759. The minimum absolute atomic E-state index is 0.0136. The number of rotatable bonds is 5. The molecule has 0 saturated carbocycles. The van der Waals surface area contributed by atoms with Crippen LogP contribution in [0.3, 0.4) is 0 Å². The number of carbonyl (C=O) groups is 1. The zero-order valence-electron chi connectivity index (χ0n) is 11.6. The molecule has 0 radical (unpaired) electrons. The van der Waals surface area contributed by atoms with Crippen molar-refractivity contribution < 1.29 is 13.2 Å². The Bertz CT molecular complexity index is 754. The average molecular weight is 308 g/mol. The third-order valence-corrected chi connectivity index (χ3v) is 4.58. The Morgan fingerprint density at radius 2 is 2.14 bits per heavy atom. The van der Waals surface area contributed by atoms with Crippen molar-refractivity contribution >= 4 is 15.9 Å². The summed E-state index contributed by atoms with van der Waals surface area (Å²) in [6.07, 6.45) is 3.15. The Hall–Kier alpha value is -2.19. The highest BCUT2D eigenvalue weighted by Crippen LogP contribution is 2.17. The van der Waals surface area contributed by atoms with E-state index in [1.807, 2.05) is 0 Å². The van der Waals surface area contributed by atoms with Gasteiger partial charge in [0.2, 0.25) is 15.9 Å². The number of amides is 1. The van der Waals surface area contributed by atoms with E-state index in [0.29, 0.717) is 11.4 Å². The van der Waals surface area contributed by atoms with Crippen LogP contribution in [0.4, 0.5) is 0 Å². The highest BCUT2D eigenvalue weighted by Gasteiger charge is 2.21. The fraction of sp³-hybridized carbons (Fsp3) is 0.231. The molecular formula is C13H16N4O3S. The maximum atomic E-state index is 12.3. The summed E-state index contributed by atoms with van der Waals surface area (Å²) >= 11 is 0. The van der Waals surface area contributed by atoms with E-state index in [2.05, 4.69) is 14.7 Å². The van der Waals surface area contributed by atoms with E-state index in [-0.39, 0.29) is 10.5 Å². The number of sulfonamides is 1. The monoisotopic (exact) mass is 308 g/mol. The first-order valence-corrected chi connectivity index (χ1v) is 7.71. The second kappa shape index (κ2) is 5.66. The second-order valence-corrected chi connectivity index (χ2v) is 6.37. The van der Waals surface area contributed by atoms with E-state index in [4.69, 9.17) is 5.73 Å². The number of aromatic nitrogens is 2. The maximum absolute atomic E-state index is 12.3. The van der Waals surface area contributed by atoms with Gasteiger partial charge in [-0.05, 0) is 31.5 Å². The van der Waals surface area contributed by atoms with Gasteiger partial charge in [0.1, 0.15) is 5.82 Å². The summed E-state index contributed by atoms with van der Waals surface area (Å²) in [7, 11) is -3.78. The highest BCUT2D eigenvalue weighted by molar-refractivity contribution is 7.89. The van der Waals surface area contributed by atoms with E-state index in [1.54, 1.807) is 26.1 Å². The van der Waals surface area contributed by atoms with Gasteiger partial charge in [-0.2, -0.15) is 0 Å². The average Bonchev–Trinajstić information content (AvgIpc) is 2.92. The van der Waals surface area contributed by atoms with Crippen LogP contribution in [0.1, 0.15) is 34.7 Å². The lowest BCUT2D eigenvalue weighted by Gasteiger charge is -2.13. The normalized spacial score (nSPS) is 13.0. The number of hydrogen-bond acceptors (Lipinski definition) is 4. The van der Waals surface area contributed by atoms with Crippen molar-refractivity contribution in [1.82, 2.24) is 14.7 Å². The smallest absolute Gasteiger partial charge is 0.249 e. The number of H-pyrrole nitrogens is 1. The van der Waals surface area contributed by atoms with E-state index in [1.165, 1.54) is 18.3 Å². The molecule has 0 aliphatic heterocycles. The summed E-state index contributed by atoms with van der Waals surface area (Å²) in [5.74, 6) is -0.163. The molecule has 0 aliphatic carbocycles. The van der Waals surface area contributed by atoms with Crippen LogP contribution in [-0.2, 0) is 10.0 Å². The number of imidazole rings is 1. The zero-order valence-corrected chi connectivity index (χ0v) is 12.4. The summed E-state index contributed by atoms with van der Waals surface area (Å²) in [5, 5.41) is 0. The molecule has 0 aliphatic rings. The molecule has 0 saturated heterocycles. The van der Waals surface area contributed by atoms with Crippen molar-refractivity contribution in [3.63, 3.8) is 0 Å². The van der Waals surface area contributed by atoms with Crippen LogP contribution in [0.2, 0.25) is 0 Å². The summed E-state index contributed by atoms with van der Waals surface area (Å²) < 4.78 is 27.1. The van der Waals surface area contributed by atoms with Crippen LogP contribution in [0.15, 0.2) is 35.5 Å². The molecule has 1 unspecified atom stereocenters. The summed E-state index contributed by atoms with van der Waals surface area (Å²) in [6, 6.07) is 3.73. The highest BCUT2D eigenvalue weighted by atomic mass is 32.2. The molecule has 7 nitrogen and oxygen atoms in total. The van der Waals surface area contributed by atoms with Gasteiger partial charge in [-0.15, -0.1) is 0 Å². The number of nitrogens with one attached hydrogen (secondary N) is 2. The second-order valence-electron chi connectivity index (χ2n) is 4.66. The number of carbonyl (C=O) groups excluding carboxylic acids is 1. The van der Waals surface area contributed by atoms with Gasteiger partial charge in [-0.3, -0.25) is 4.79 Å². The van der Waals surface area contributed by atoms with Gasteiger partial charge in [0.05, 0.1) is 10.9 Å². The molecule has 2 aromatic rings. The molecule has 0 bridgehead atoms. The molecule has 1 heterocycles. The molecule has 1 amide bonds. The number of aryl methyl sites for hydroxylation is 1. The summed E-state index contributed by atoms with van der Waals surface area (Å²) in [5.41, 5.74) is 6.05. The number of aromatic amines is 1. The Morgan fingerprint density at radius 3 is 2.71 bits per heavy atom. The summed E-state index contributed by atoms with van der Waals surface area (Å²) in [4.78, 5) is 18.1. The number of nitrogens with zero attached hydrogens (tertiary/aromatic N) is 1. The lowest BCUT2D eigenvalue weighted by molar-refractivity contribution is 0.0999. The first kappa shape index (κ1) is 15.2. The van der Waals surface area contributed by atoms with E-state index in [9.17, 15) is 13.2 Å². The molecule has 2 rings (SSSR count). The Labute approximate surface area is 122 Å². The van der Waals surface area contributed by atoms with Crippen molar-refractivity contribution in [1.29, 1.82) is 0 Å². The van der Waals surface area contributed by atoms with E-state index in [0.717, 1.165) is 0 Å². The van der Waals surface area contributed by atoms with Gasteiger partial charge in [0.15, 0.2) is 0 Å². The van der Waals surface area contributed by atoms with Crippen molar-refractivity contribution in [2.24, 2.45) is 5.73 Å². The molecular weight excluding hydrogens is 292 g/mol. The minimum atomic E-state index is -3.78. The third-order valence-electron chi connectivity index (χ3n) is 3.05. The zero-order chi connectivity index (χ0) is 15.6. The van der Waals surface area contributed by atoms with Crippen LogP contribution in [-0.4, -0.2) is 24.3 Å². The van der Waals surface area contributed by atoms with Crippen LogP contribution in [0, 0.1) is 6.92 Å². The van der Waals surface area contributed by atoms with Gasteiger partial charge in [-0.1, -0.05) is 6.07 Å². The lowest BCUT2D eigenvalue weighted by Crippen LogP contribution is -2.28. The number of benzene rings is 1. The van der Waals surface area contributed by atoms with Crippen LogP contribution in [0.5, 0.6) is 0 Å². The van der Waals surface area contributed by atoms with Gasteiger partial charge >= 0.3 is 0 Å². The minimum Gasteiger partial charge on any atom is -0.366 e. The fourth-order valence-electron chi connectivity index (χ4n) is 1.90. The molecule has 0 spiro atoms. The fourth-order valence-corrected chi connectivity index (χ4v) is 3.14. The number of nitrogens with two attached hydrogens (primary N) is 1. The van der Waals surface area contributed by atoms with Gasteiger partial charge in [0.25, 0.3) is 0 Å². The topological polar surface area (TPSA) is 118 Å². The van der Waals surface area contributed by atoms with Crippen LogP contribution < -0.4 is 10.5 Å². The Morgan fingerprint density at radius 1 is 1.43 bits per heavy atom. The molecule has 0 fully saturated rings. The largest absolute Gasteiger partial charge is 0.366 e. The standard InChI is InChI=1S/C13H16N4O3S/c1-8-3-4-10(7-11(8)12(14)18)21(19,20)17-9(2)13-15-5-6-16-13/h3-7,9,17H,1-2H3,(H2,14,18)(H,15,16). The maximum Gasteiger partial charge on any atom is 0.249 e. The molecule has 8 heteroatoms. The number of primary amides is 1. The molecule has 4 N–H and O–H groups in total. The van der Waals surface area contributed by atoms with Crippen molar-refractivity contribution in [3.05, 3.63) is 47.5 Å². The SMILES string of the molecule is Cc1ccc(S(=O)(=O)NC(C)c2ncc[nH]2)cc1C(N)=O. The molecule has 1 aromatic carbocycles. The van der Waals surface area contributed by atoms with Crippen molar-refractivity contribution in [3.8, 4) is 0 Å². The van der Waals surface area contributed by atoms with Crippen LogP contribution >= 0.6 is 0 Å². The van der Waals surface area contributed by atoms with E-state index >= 15 is 0 Å².